The molecule has 0 atom stereocenters. The van der Waals surface area contributed by atoms with Gasteiger partial charge < -0.3 is 20.2 Å². The second-order valence-corrected chi connectivity index (χ2v) is 8.86. The normalized spacial score (nSPS) is 17.1. The predicted octanol–water partition coefficient (Wildman–Crippen LogP) is 2.60. The molecule has 2 aliphatic heterocycles. The smallest absolute Gasteiger partial charge is 0.258 e. The summed E-state index contributed by atoms with van der Waals surface area (Å²) in [7, 11) is 2.17. The number of carbonyl (C=O) groups excluding carboxylic acids is 1. The topological polar surface area (TPSA) is 87.7 Å². The minimum atomic E-state index is -0.162. The highest BCUT2D eigenvalue weighted by Gasteiger charge is 2.27. The Morgan fingerprint density at radius 2 is 1.91 bits per heavy atom. The van der Waals surface area contributed by atoms with Crippen molar-refractivity contribution >= 4 is 22.6 Å². The number of hydrogen-bond donors (Lipinski definition) is 3. The maximum Gasteiger partial charge on any atom is 0.258 e. The standard InChI is InChI=1S/C24H30N6O2/c1-3-25-23-19-11-20(22(31)12-21(19)26-27-23)24(32)30-14-17-5-4-16(10-18(17)15-30)13-29-8-6-28(2)7-9-29/h4-5,10-12,31H,3,6-9,13-15H2,1-2H3,(H2,25,26,27). The molecule has 5 rings (SSSR count). The van der Waals surface area contributed by atoms with Crippen molar-refractivity contribution in [3.8, 4) is 5.75 Å². The number of aromatic hydroxyl groups is 1. The number of anilines is 1. The van der Waals surface area contributed by atoms with Crippen molar-refractivity contribution < 1.29 is 9.90 Å². The number of H-pyrrole nitrogens is 1. The number of hydrogen-bond acceptors (Lipinski definition) is 6. The Kier molecular flexibility index (Phi) is 5.48. The Bertz CT molecular complexity index is 1150. The monoisotopic (exact) mass is 434 g/mol. The lowest BCUT2D eigenvalue weighted by Gasteiger charge is -2.32. The Labute approximate surface area is 187 Å². The zero-order chi connectivity index (χ0) is 22.2. The van der Waals surface area contributed by atoms with Gasteiger partial charge in [0.25, 0.3) is 5.91 Å². The zero-order valence-electron chi connectivity index (χ0n) is 18.7. The van der Waals surface area contributed by atoms with E-state index in [4.69, 9.17) is 0 Å². The molecule has 0 radical (unpaired) electrons. The predicted molar refractivity (Wildman–Crippen MR) is 125 cm³/mol. The molecule has 0 bridgehead atoms. The zero-order valence-corrected chi connectivity index (χ0v) is 18.7. The molecule has 3 N–H and O–H groups in total. The number of phenolic OH excluding ortho intramolecular Hbond substituents is 1. The molecule has 2 aromatic carbocycles. The van der Waals surface area contributed by atoms with Gasteiger partial charge in [0, 0.05) is 63.8 Å². The van der Waals surface area contributed by atoms with Crippen LogP contribution in [0, 0.1) is 0 Å². The maximum atomic E-state index is 13.3. The number of phenols is 1. The number of amides is 1. The molecular formula is C24H30N6O2. The first-order valence-electron chi connectivity index (χ1n) is 11.3. The molecule has 1 amide bonds. The van der Waals surface area contributed by atoms with Gasteiger partial charge in [0.15, 0.2) is 5.82 Å². The van der Waals surface area contributed by atoms with Crippen LogP contribution < -0.4 is 5.32 Å². The van der Waals surface area contributed by atoms with Gasteiger partial charge in [0.05, 0.1) is 11.1 Å². The SMILES string of the molecule is CCNc1n[nH]c2cc(O)c(C(=O)N3Cc4ccc(CN5CCN(C)CC5)cc4C3)cc12. The lowest BCUT2D eigenvalue weighted by Crippen LogP contribution is -2.43. The number of aromatic amines is 1. The van der Waals surface area contributed by atoms with E-state index in [1.54, 1.807) is 17.0 Å². The summed E-state index contributed by atoms with van der Waals surface area (Å²) in [6.07, 6.45) is 0. The Morgan fingerprint density at radius 1 is 1.12 bits per heavy atom. The highest BCUT2D eigenvalue weighted by molar-refractivity contribution is 6.03. The molecule has 1 aromatic heterocycles. The van der Waals surface area contributed by atoms with Crippen LogP contribution in [-0.2, 0) is 19.6 Å². The molecule has 0 spiro atoms. The van der Waals surface area contributed by atoms with E-state index in [0.29, 0.717) is 30.0 Å². The molecule has 32 heavy (non-hydrogen) atoms. The van der Waals surface area contributed by atoms with Crippen molar-refractivity contribution in [2.75, 3.05) is 45.1 Å². The van der Waals surface area contributed by atoms with Crippen molar-refractivity contribution in [1.82, 2.24) is 24.9 Å². The van der Waals surface area contributed by atoms with E-state index in [2.05, 4.69) is 50.6 Å². The number of aromatic nitrogens is 2. The van der Waals surface area contributed by atoms with Gasteiger partial charge in [-0.25, -0.2) is 0 Å². The number of fused-ring (bicyclic) bond motifs is 2. The highest BCUT2D eigenvalue weighted by Crippen LogP contribution is 2.32. The van der Waals surface area contributed by atoms with E-state index in [0.717, 1.165) is 44.7 Å². The van der Waals surface area contributed by atoms with Gasteiger partial charge in [-0.3, -0.25) is 14.8 Å². The number of piperazine rings is 1. The summed E-state index contributed by atoms with van der Waals surface area (Å²) >= 11 is 0. The van der Waals surface area contributed by atoms with E-state index in [1.165, 1.54) is 16.7 Å². The number of nitrogens with one attached hydrogen (secondary N) is 2. The van der Waals surface area contributed by atoms with Gasteiger partial charge in [0.1, 0.15) is 5.75 Å². The lowest BCUT2D eigenvalue weighted by atomic mass is 10.1. The van der Waals surface area contributed by atoms with Crippen LogP contribution in [0.3, 0.4) is 0 Å². The summed E-state index contributed by atoms with van der Waals surface area (Å²) in [6.45, 7) is 9.17. The summed E-state index contributed by atoms with van der Waals surface area (Å²) in [5.74, 6) is 0.501. The maximum absolute atomic E-state index is 13.3. The number of nitrogens with zero attached hydrogens (tertiary/aromatic N) is 4. The quantitative estimate of drug-likeness (QED) is 0.572. The van der Waals surface area contributed by atoms with Crippen LogP contribution in [0.15, 0.2) is 30.3 Å². The minimum absolute atomic E-state index is 0.0269. The molecular weight excluding hydrogens is 404 g/mol. The van der Waals surface area contributed by atoms with Crippen LogP contribution in [-0.4, -0.2) is 75.7 Å². The second kappa shape index (κ2) is 8.44. The molecule has 3 aromatic rings. The molecule has 0 saturated carbocycles. The van der Waals surface area contributed by atoms with Gasteiger partial charge in [0.2, 0.25) is 0 Å². The largest absolute Gasteiger partial charge is 0.507 e. The molecule has 168 valence electrons. The molecule has 8 heteroatoms. The van der Waals surface area contributed by atoms with Gasteiger partial charge in [-0.2, -0.15) is 5.10 Å². The Balaban J connectivity index is 1.32. The van der Waals surface area contributed by atoms with Gasteiger partial charge in [-0.1, -0.05) is 18.2 Å². The van der Waals surface area contributed by atoms with E-state index < -0.39 is 0 Å². The van der Waals surface area contributed by atoms with Crippen molar-refractivity contribution in [1.29, 1.82) is 0 Å². The summed E-state index contributed by atoms with van der Waals surface area (Å²) < 4.78 is 0. The van der Waals surface area contributed by atoms with Crippen LogP contribution >= 0.6 is 0 Å². The van der Waals surface area contributed by atoms with E-state index in [1.807, 2.05) is 6.92 Å². The third-order valence-corrected chi connectivity index (χ3v) is 6.54. The Hall–Kier alpha value is -3.10. The average Bonchev–Trinajstić information content (AvgIpc) is 3.38. The summed E-state index contributed by atoms with van der Waals surface area (Å²) in [5, 5.41) is 21.6. The third kappa shape index (κ3) is 3.91. The fraction of sp³-hybridized carbons (Fsp3) is 0.417. The minimum Gasteiger partial charge on any atom is -0.507 e. The second-order valence-electron chi connectivity index (χ2n) is 8.86. The van der Waals surface area contributed by atoms with Crippen molar-refractivity contribution in [3.05, 3.63) is 52.6 Å². The van der Waals surface area contributed by atoms with Gasteiger partial charge in [-0.15, -0.1) is 0 Å². The fourth-order valence-corrected chi connectivity index (χ4v) is 4.65. The first-order valence-corrected chi connectivity index (χ1v) is 11.3. The molecule has 0 aliphatic carbocycles. The Morgan fingerprint density at radius 3 is 2.69 bits per heavy atom. The average molecular weight is 435 g/mol. The summed E-state index contributed by atoms with van der Waals surface area (Å²) in [4.78, 5) is 20.0. The summed E-state index contributed by atoms with van der Waals surface area (Å²) in [6, 6.07) is 9.88. The van der Waals surface area contributed by atoms with Crippen LogP contribution in [0.1, 0.15) is 34.0 Å². The number of rotatable bonds is 5. The molecule has 1 saturated heterocycles. The van der Waals surface area contributed by atoms with E-state index in [9.17, 15) is 9.90 Å². The van der Waals surface area contributed by atoms with Crippen molar-refractivity contribution in [2.45, 2.75) is 26.6 Å². The molecule has 1 fully saturated rings. The molecule has 3 heterocycles. The van der Waals surface area contributed by atoms with E-state index in [-0.39, 0.29) is 11.7 Å². The van der Waals surface area contributed by atoms with Crippen LogP contribution in [0.4, 0.5) is 5.82 Å². The van der Waals surface area contributed by atoms with Crippen LogP contribution in [0.2, 0.25) is 0 Å². The lowest BCUT2D eigenvalue weighted by molar-refractivity contribution is 0.0748. The first-order chi connectivity index (χ1) is 15.5. The van der Waals surface area contributed by atoms with Crippen molar-refractivity contribution in [3.63, 3.8) is 0 Å². The van der Waals surface area contributed by atoms with Crippen molar-refractivity contribution in [2.24, 2.45) is 0 Å². The molecule has 8 nitrogen and oxygen atoms in total. The summed E-state index contributed by atoms with van der Waals surface area (Å²) in [5.41, 5.74) is 4.68. The van der Waals surface area contributed by atoms with Crippen LogP contribution in [0.5, 0.6) is 5.75 Å². The molecule has 0 unspecified atom stereocenters. The third-order valence-electron chi connectivity index (χ3n) is 6.54. The number of benzene rings is 2. The highest BCUT2D eigenvalue weighted by atomic mass is 16.3. The number of likely N-dealkylation sites (N-methyl/N-ethyl adjacent to an activating group) is 1. The van der Waals surface area contributed by atoms with Gasteiger partial charge >= 0.3 is 0 Å². The van der Waals surface area contributed by atoms with Gasteiger partial charge in [-0.05, 0) is 36.7 Å². The molecule has 2 aliphatic rings. The first kappa shape index (κ1) is 20.8. The fourth-order valence-electron chi connectivity index (χ4n) is 4.65. The number of carbonyl (C=O) groups is 1. The van der Waals surface area contributed by atoms with E-state index >= 15 is 0 Å². The van der Waals surface area contributed by atoms with Crippen LogP contribution in [0.25, 0.3) is 10.9 Å².